The summed E-state index contributed by atoms with van der Waals surface area (Å²) in [5.41, 5.74) is 0. The van der Waals surface area contributed by atoms with Crippen LogP contribution in [0.2, 0.25) is 0 Å². The van der Waals surface area contributed by atoms with Crippen molar-refractivity contribution in [1.29, 1.82) is 0 Å². The number of rotatable bonds is 45. The molecule has 0 unspecified atom stereocenters. The van der Waals surface area contributed by atoms with Crippen LogP contribution in [0, 0.1) is 0 Å². The zero-order chi connectivity index (χ0) is 41.1. The molecule has 2 N–H and O–H groups in total. The molecular formula is C47H91O8P. The number of unbranched alkanes of at least 4 members (excludes halogenated alkanes) is 33. The van der Waals surface area contributed by atoms with E-state index in [0.29, 0.717) is 6.42 Å². The molecule has 0 aliphatic carbocycles. The Bertz CT molecular complexity index is 920. The van der Waals surface area contributed by atoms with Crippen LogP contribution < -0.4 is 0 Å². The minimum Gasteiger partial charge on any atom is -0.462 e. The average molecular weight is 815 g/mol. The number of ether oxygens (including phenoxy) is 2. The molecular weight excluding hydrogens is 723 g/mol. The molecule has 8 nitrogen and oxygen atoms in total. The maximum Gasteiger partial charge on any atom is 0.469 e. The molecule has 0 spiro atoms. The lowest BCUT2D eigenvalue weighted by Gasteiger charge is -2.18. The van der Waals surface area contributed by atoms with Crippen molar-refractivity contribution in [2.75, 3.05) is 13.2 Å². The first kappa shape index (κ1) is 54.8. The summed E-state index contributed by atoms with van der Waals surface area (Å²) in [5, 5.41) is 0. The molecule has 0 heterocycles. The first-order valence-electron chi connectivity index (χ1n) is 24.0. The van der Waals surface area contributed by atoms with E-state index in [9.17, 15) is 14.2 Å². The van der Waals surface area contributed by atoms with E-state index >= 15 is 0 Å². The Morgan fingerprint density at radius 1 is 0.446 bits per heavy atom. The van der Waals surface area contributed by atoms with E-state index in [-0.39, 0.29) is 19.4 Å². The number of carbonyl (C=O) groups excluding carboxylic acids is 2. The fourth-order valence-corrected chi connectivity index (χ4v) is 7.55. The summed E-state index contributed by atoms with van der Waals surface area (Å²) in [6.45, 7) is 3.73. The second-order valence-electron chi connectivity index (χ2n) is 16.4. The molecule has 0 bridgehead atoms. The molecule has 0 radical (unpaired) electrons. The van der Waals surface area contributed by atoms with Crippen molar-refractivity contribution in [3.63, 3.8) is 0 Å². The molecule has 0 saturated carbocycles. The minimum absolute atomic E-state index is 0.214. The van der Waals surface area contributed by atoms with Gasteiger partial charge >= 0.3 is 19.8 Å². The van der Waals surface area contributed by atoms with Crippen LogP contribution in [0.5, 0.6) is 0 Å². The summed E-state index contributed by atoms with van der Waals surface area (Å²) in [4.78, 5) is 43.0. The molecule has 0 aliphatic heterocycles. The van der Waals surface area contributed by atoms with Crippen molar-refractivity contribution in [2.45, 2.75) is 264 Å². The molecule has 0 saturated heterocycles. The third kappa shape index (κ3) is 45.5. The number of carbonyl (C=O) groups is 2. The summed E-state index contributed by atoms with van der Waals surface area (Å²) in [5.74, 6) is -0.870. The Morgan fingerprint density at radius 3 is 1.09 bits per heavy atom. The highest BCUT2D eigenvalue weighted by Crippen LogP contribution is 2.36. The van der Waals surface area contributed by atoms with Gasteiger partial charge in [-0.25, -0.2) is 4.57 Å². The Balaban J connectivity index is 3.81. The van der Waals surface area contributed by atoms with Crippen LogP contribution in [0.4, 0.5) is 0 Å². The van der Waals surface area contributed by atoms with Crippen molar-refractivity contribution in [1.82, 2.24) is 0 Å². The van der Waals surface area contributed by atoms with Gasteiger partial charge < -0.3 is 19.3 Å². The van der Waals surface area contributed by atoms with Crippen molar-refractivity contribution in [3.8, 4) is 0 Å². The Labute approximate surface area is 346 Å². The lowest BCUT2D eigenvalue weighted by atomic mass is 10.0. The third-order valence-electron chi connectivity index (χ3n) is 10.8. The summed E-state index contributed by atoms with van der Waals surface area (Å²) >= 11 is 0. The van der Waals surface area contributed by atoms with E-state index in [0.717, 1.165) is 38.5 Å². The van der Waals surface area contributed by atoms with Gasteiger partial charge in [0.25, 0.3) is 0 Å². The first-order valence-corrected chi connectivity index (χ1v) is 25.5. The molecule has 56 heavy (non-hydrogen) atoms. The van der Waals surface area contributed by atoms with E-state index in [1.165, 1.54) is 186 Å². The molecule has 0 amide bonds. The predicted molar refractivity (Wildman–Crippen MR) is 235 cm³/mol. The molecule has 0 aliphatic rings. The van der Waals surface area contributed by atoms with Crippen LogP contribution in [-0.4, -0.2) is 41.0 Å². The van der Waals surface area contributed by atoms with Crippen LogP contribution in [0.1, 0.15) is 258 Å². The highest BCUT2D eigenvalue weighted by atomic mass is 31.2. The number of esters is 2. The molecule has 0 fully saturated rings. The predicted octanol–water partition coefficient (Wildman–Crippen LogP) is 15.0. The summed E-state index contributed by atoms with van der Waals surface area (Å²) < 4.78 is 26.5. The van der Waals surface area contributed by atoms with E-state index in [1.54, 1.807) is 0 Å². The van der Waals surface area contributed by atoms with Crippen LogP contribution in [0.15, 0.2) is 12.2 Å². The van der Waals surface area contributed by atoms with Gasteiger partial charge in [0.05, 0.1) is 6.61 Å². The van der Waals surface area contributed by atoms with E-state index in [2.05, 4.69) is 30.5 Å². The lowest BCUT2D eigenvalue weighted by molar-refractivity contribution is -0.161. The second-order valence-corrected chi connectivity index (χ2v) is 17.7. The van der Waals surface area contributed by atoms with Gasteiger partial charge in [-0.05, 0) is 38.5 Å². The molecule has 1 atom stereocenters. The van der Waals surface area contributed by atoms with E-state index in [4.69, 9.17) is 19.3 Å². The van der Waals surface area contributed by atoms with Crippen LogP contribution in [0.25, 0.3) is 0 Å². The standard InChI is InChI=1S/C47H91O8P/c1-3-5-7-9-11-13-15-17-19-21-23-25-27-29-31-33-35-37-39-41-46(48)53-43-45(44-54-56(50,51)52)55-47(49)42-40-38-36-34-32-30-28-26-24-22-20-18-16-14-12-10-8-6-4-2/h18,20,45H,3-17,19,21-44H2,1-2H3,(H2,50,51,52)/b20-18-/t45-/m1/s1. The topological polar surface area (TPSA) is 119 Å². The van der Waals surface area contributed by atoms with Crippen molar-refractivity contribution >= 4 is 19.8 Å². The number of hydrogen-bond acceptors (Lipinski definition) is 6. The third-order valence-corrected chi connectivity index (χ3v) is 11.3. The van der Waals surface area contributed by atoms with Gasteiger partial charge in [-0.15, -0.1) is 0 Å². The average Bonchev–Trinajstić information content (AvgIpc) is 3.17. The fraction of sp³-hybridized carbons (Fsp3) is 0.915. The van der Waals surface area contributed by atoms with Gasteiger partial charge in [0.1, 0.15) is 6.61 Å². The van der Waals surface area contributed by atoms with Crippen LogP contribution in [-0.2, 0) is 28.2 Å². The molecule has 332 valence electrons. The van der Waals surface area contributed by atoms with Gasteiger partial charge in [0, 0.05) is 12.8 Å². The SMILES string of the molecule is CCCCCCCC/C=C\CCCCCCCCCCCC(=O)O[C@H](COC(=O)CCCCCCCCCCCCCCCCCCCCC)COP(=O)(O)O. The number of phosphoric acid groups is 1. The molecule has 0 aromatic carbocycles. The maximum absolute atomic E-state index is 12.4. The van der Waals surface area contributed by atoms with Gasteiger partial charge in [0.2, 0.25) is 0 Å². The highest BCUT2D eigenvalue weighted by molar-refractivity contribution is 7.46. The van der Waals surface area contributed by atoms with Gasteiger partial charge in [0.15, 0.2) is 6.10 Å². The zero-order valence-corrected chi connectivity index (χ0v) is 37.7. The molecule has 9 heteroatoms. The largest absolute Gasteiger partial charge is 0.469 e. The van der Waals surface area contributed by atoms with E-state index in [1.807, 2.05) is 0 Å². The monoisotopic (exact) mass is 815 g/mol. The Hall–Kier alpha value is -1.21. The zero-order valence-electron chi connectivity index (χ0n) is 36.8. The number of allylic oxidation sites excluding steroid dienone is 2. The van der Waals surface area contributed by atoms with Crippen molar-refractivity contribution < 1.29 is 37.9 Å². The summed E-state index contributed by atoms with van der Waals surface area (Å²) in [6.07, 6.45) is 49.4. The second kappa shape index (κ2) is 43.4. The maximum atomic E-state index is 12.4. The fourth-order valence-electron chi connectivity index (χ4n) is 7.19. The molecule has 0 aromatic heterocycles. The minimum atomic E-state index is -4.75. The number of phosphoric ester groups is 1. The molecule has 0 rings (SSSR count). The first-order chi connectivity index (χ1) is 27.3. The lowest BCUT2D eigenvalue weighted by Crippen LogP contribution is -2.29. The Morgan fingerprint density at radius 2 is 0.750 bits per heavy atom. The van der Waals surface area contributed by atoms with Crippen molar-refractivity contribution in [3.05, 3.63) is 12.2 Å². The van der Waals surface area contributed by atoms with Gasteiger partial charge in [-0.2, -0.15) is 0 Å². The quantitative estimate of drug-likeness (QED) is 0.0270. The number of hydrogen-bond donors (Lipinski definition) is 2. The van der Waals surface area contributed by atoms with Crippen LogP contribution >= 0.6 is 7.82 Å². The Kier molecular flexibility index (Phi) is 42.4. The molecule has 0 aromatic rings. The van der Waals surface area contributed by atoms with Gasteiger partial charge in [-0.1, -0.05) is 219 Å². The normalized spacial score (nSPS) is 12.4. The van der Waals surface area contributed by atoms with Crippen LogP contribution in [0.3, 0.4) is 0 Å². The summed E-state index contributed by atoms with van der Waals surface area (Å²) in [6, 6.07) is 0. The van der Waals surface area contributed by atoms with Crippen molar-refractivity contribution in [2.24, 2.45) is 0 Å². The van der Waals surface area contributed by atoms with E-state index < -0.39 is 32.5 Å². The highest BCUT2D eigenvalue weighted by Gasteiger charge is 2.23. The smallest absolute Gasteiger partial charge is 0.462 e. The van der Waals surface area contributed by atoms with Gasteiger partial charge in [-0.3, -0.25) is 14.1 Å². The summed E-state index contributed by atoms with van der Waals surface area (Å²) in [7, 11) is -4.75.